The maximum absolute atomic E-state index is 13.7. The molecule has 2 aromatic carbocycles. The van der Waals surface area contributed by atoms with Crippen molar-refractivity contribution >= 4 is 29.4 Å². The molecule has 1 fully saturated rings. The normalized spacial score (nSPS) is 18.1. The molecule has 0 bridgehead atoms. The fourth-order valence-corrected chi connectivity index (χ4v) is 3.33. The highest BCUT2D eigenvalue weighted by Gasteiger charge is 2.28. The molecule has 1 atom stereocenters. The second kappa shape index (κ2) is 7.48. The van der Waals surface area contributed by atoms with Gasteiger partial charge >= 0.3 is 0 Å². The first-order valence-corrected chi connectivity index (χ1v) is 8.41. The topological polar surface area (TPSA) is 59.6 Å². The second-order valence-corrected chi connectivity index (χ2v) is 6.36. The molecule has 1 aliphatic rings. The molecule has 25 heavy (non-hydrogen) atoms. The lowest BCUT2D eigenvalue weighted by molar-refractivity contribution is -0.116. The maximum atomic E-state index is 13.7. The molecule has 1 heterocycles. The quantitative estimate of drug-likeness (QED) is 0.800. The third-order valence-corrected chi connectivity index (χ3v) is 4.65. The number of nitrogens with one attached hydrogen (secondary N) is 2. The van der Waals surface area contributed by atoms with Gasteiger partial charge in [0.15, 0.2) is 5.50 Å². The van der Waals surface area contributed by atoms with Crippen LogP contribution < -0.4 is 20.1 Å². The van der Waals surface area contributed by atoms with Gasteiger partial charge in [-0.3, -0.25) is 4.79 Å². The molecule has 1 amide bonds. The largest absolute Gasteiger partial charge is 0.497 e. The van der Waals surface area contributed by atoms with E-state index < -0.39 is 5.50 Å². The van der Waals surface area contributed by atoms with Crippen LogP contribution >= 0.6 is 11.8 Å². The number of hydrogen-bond acceptors (Lipinski definition) is 5. The Morgan fingerprint density at radius 3 is 2.72 bits per heavy atom. The van der Waals surface area contributed by atoms with Gasteiger partial charge in [0.25, 0.3) is 5.91 Å². The summed E-state index contributed by atoms with van der Waals surface area (Å²) in [7, 11) is 3.13. The zero-order valence-electron chi connectivity index (χ0n) is 13.7. The number of methoxy groups -OCH3 is 2. The van der Waals surface area contributed by atoms with Crippen molar-refractivity contribution in [2.45, 2.75) is 5.50 Å². The van der Waals surface area contributed by atoms with Crippen molar-refractivity contribution in [3.8, 4) is 11.5 Å². The third-order valence-electron chi connectivity index (χ3n) is 3.62. The molecule has 3 rings (SSSR count). The Balaban J connectivity index is 1.79. The van der Waals surface area contributed by atoms with E-state index in [1.54, 1.807) is 50.6 Å². The molecule has 1 saturated heterocycles. The number of rotatable bonds is 5. The Hall–Kier alpha value is -2.67. The SMILES string of the molecule is COc1ccc(/C=C2\SC(Nc3ccccc3F)NC2=O)c(OC)c1. The van der Waals surface area contributed by atoms with Gasteiger partial charge in [-0.25, -0.2) is 4.39 Å². The molecule has 1 aliphatic heterocycles. The fraction of sp³-hybridized carbons (Fsp3) is 0.167. The third kappa shape index (κ3) is 3.88. The predicted octanol–water partition coefficient (Wildman–Crippen LogP) is 3.44. The van der Waals surface area contributed by atoms with Crippen molar-refractivity contribution in [2.24, 2.45) is 0 Å². The zero-order valence-corrected chi connectivity index (χ0v) is 14.5. The zero-order chi connectivity index (χ0) is 17.8. The van der Waals surface area contributed by atoms with Gasteiger partial charge in [0.2, 0.25) is 0 Å². The van der Waals surface area contributed by atoms with Crippen molar-refractivity contribution < 1.29 is 18.7 Å². The minimum Gasteiger partial charge on any atom is -0.497 e. The molecule has 2 N–H and O–H groups in total. The highest BCUT2D eigenvalue weighted by Crippen LogP contribution is 2.33. The number of benzene rings is 2. The van der Waals surface area contributed by atoms with Crippen molar-refractivity contribution in [3.05, 3.63) is 58.8 Å². The van der Waals surface area contributed by atoms with E-state index in [0.717, 1.165) is 5.56 Å². The van der Waals surface area contributed by atoms with Crippen LogP contribution in [-0.4, -0.2) is 25.6 Å². The van der Waals surface area contributed by atoms with Gasteiger partial charge in [0.1, 0.15) is 17.3 Å². The predicted molar refractivity (Wildman–Crippen MR) is 97.1 cm³/mol. The molecule has 5 nitrogen and oxygen atoms in total. The number of thioether (sulfide) groups is 1. The first-order chi connectivity index (χ1) is 12.1. The van der Waals surface area contributed by atoms with Crippen molar-refractivity contribution in [1.29, 1.82) is 0 Å². The standard InChI is InChI=1S/C18H17FN2O3S/c1-23-12-8-7-11(15(10-12)24-2)9-16-17(22)21-18(25-16)20-14-6-4-3-5-13(14)19/h3-10,18,20H,1-2H3,(H,21,22)/b16-9-. The van der Waals surface area contributed by atoms with E-state index in [4.69, 9.17) is 9.47 Å². The van der Waals surface area contributed by atoms with Gasteiger partial charge in [0.05, 0.1) is 24.8 Å². The molecular weight excluding hydrogens is 343 g/mol. The summed E-state index contributed by atoms with van der Waals surface area (Å²) in [5.74, 6) is 0.677. The Morgan fingerprint density at radius 1 is 1.20 bits per heavy atom. The molecule has 0 aliphatic carbocycles. The number of halogens is 1. The first kappa shape index (κ1) is 17.2. The molecule has 2 aromatic rings. The van der Waals surface area contributed by atoms with Gasteiger partial charge < -0.3 is 20.1 Å². The number of hydrogen-bond donors (Lipinski definition) is 2. The highest BCUT2D eigenvalue weighted by atomic mass is 32.2. The fourth-order valence-electron chi connectivity index (χ4n) is 2.36. The van der Waals surface area contributed by atoms with Gasteiger partial charge in [-0.1, -0.05) is 23.9 Å². The Bertz CT molecular complexity index is 826. The van der Waals surface area contributed by atoms with Crippen LogP contribution in [-0.2, 0) is 4.79 Å². The summed E-state index contributed by atoms with van der Waals surface area (Å²) in [4.78, 5) is 12.7. The van der Waals surface area contributed by atoms with Crippen molar-refractivity contribution in [1.82, 2.24) is 5.32 Å². The summed E-state index contributed by atoms with van der Waals surface area (Å²) in [6.45, 7) is 0. The summed E-state index contributed by atoms with van der Waals surface area (Å²) in [6.07, 6.45) is 1.74. The van der Waals surface area contributed by atoms with Crippen LogP contribution in [0, 0.1) is 5.82 Å². The minimum absolute atomic E-state index is 0.225. The number of para-hydroxylation sites is 1. The van der Waals surface area contributed by atoms with Gasteiger partial charge in [-0.15, -0.1) is 0 Å². The number of anilines is 1. The molecule has 130 valence electrons. The van der Waals surface area contributed by atoms with E-state index in [-0.39, 0.29) is 11.7 Å². The van der Waals surface area contributed by atoms with Gasteiger partial charge in [-0.2, -0.15) is 0 Å². The number of ether oxygens (including phenoxy) is 2. The summed E-state index contributed by atoms with van der Waals surface area (Å²) in [6, 6.07) is 11.7. The lowest BCUT2D eigenvalue weighted by atomic mass is 10.1. The van der Waals surface area contributed by atoms with Crippen molar-refractivity contribution in [2.75, 3.05) is 19.5 Å². The summed E-state index contributed by atoms with van der Waals surface area (Å²) < 4.78 is 24.2. The van der Waals surface area contributed by atoms with Crippen LogP contribution in [0.4, 0.5) is 10.1 Å². The lowest BCUT2D eigenvalue weighted by Crippen LogP contribution is -2.31. The van der Waals surface area contributed by atoms with E-state index in [2.05, 4.69) is 10.6 Å². The Labute approximate surface area is 149 Å². The van der Waals surface area contributed by atoms with Crippen LogP contribution in [0.15, 0.2) is 47.4 Å². The summed E-state index contributed by atoms with van der Waals surface area (Å²) in [5, 5.41) is 5.74. The van der Waals surface area contributed by atoms with Crippen molar-refractivity contribution in [3.63, 3.8) is 0 Å². The smallest absolute Gasteiger partial charge is 0.260 e. The van der Waals surface area contributed by atoms with Crippen LogP contribution in [0.25, 0.3) is 6.08 Å². The summed E-state index contributed by atoms with van der Waals surface area (Å²) in [5.41, 5.74) is 0.649. The molecule has 0 spiro atoms. The van der Waals surface area contributed by atoms with Crippen LogP contribution in [0.1, 0.15) is 5.56 Å². The molecule has 0 aromatic heterocycles. The molecule has 1 unspecified atom stereocenters. The van der Waals surface area contributed by atoms with Gasteiger partial charge in [-0.05, 0) is 30.3 Å². The van der Waals surface area contributed by atoms with Gasteiger partial charge in [0, 0.05) is 11.6 Å². The van der Waals surface area contributed by atoms with E-state index in [1.807, 2.05) is 6.07 Å². The lowest BCUT2D eigenvalue weighted by Gasteiger charge is -2.13. The Kier molecular flexibility index (Phi) is 5.14. The molecule has 0 radical (unpaired) electrons. The number of amides is 1. The molecular formula is C18H17FN2O3S. The number of carbonyl (C=O) groups excluding carboxylic acids is 1. The molecule has 0 saturated carbocycles. The van der Waals surface area contributed by atoms with E-state index in [9.17, 15) is 9.18 Å². The first-order valence-electron chi connectivity index (χ1n) is 7.53. The number of carbonyl (C=O) groups is 1. The average Bonchev–Trinajstić information content (AvgIpc) is 2.96. The van der Waals surface area contributed by atoms with E-state index in [0.29, 0.717) is 22.1 Å². The monoisotopic (exact) mass is 360 g/mol. The minimum atomic E-state index is -0.445. The van der Waals surface area contributed by atoms with Crippen LogP contribution in [0.5, 0.6) is 11.5 Å². The van der Waals surface area contributed by atoms with Crippen LogP contribution in [0.2, 0.25) is 0 Å². The average molecular weight is 360 g/mol. The molecule has 7 heteroatoms. The van der Waals surface area contributed by atoms with Crippen LogP contribution in [0.3, 0.4) is 0 Å². The van der Waals surface area contributed by atoms with E-state index >= 15 is 0 Å². The second-order valence-electron chi connectivity index (χ2n) is 5.21. The highest BCUT2D eigenvalue weighted by molar-refractivity contribution is 8.05. The van der Waals surface area contributed by atoms with E-state index in [1.165, 1.54) is 17.8 Å². The summed E-state index contributed by atoms with van der Waals surface area (Å²) >= 11 is 1.28. The maximum Gasteiger partial charge on any atom is 0.260 e. The Morgan fingerprint density at radius 2 is 2.00 bits per heavy atom.